The highest BCUT2D eigenvalue weighted by molar-refractivity contribution is 5.95. The maximum Gasteiger partial charge on any atom is 0.411 e. The average Bonchev–Trinajstić information content (AvgIpc) is 2.87. The molecule has 0 unspecified atom stereocenters. The number of hydrogen-bond acceptors (Lipinski definition) is 4. The number of rotatable bonds is 6. The summed E-state index contributed by atoms with van der Waals surface area (Å²) in [6.07, 6.45) is -0.672. The molecule has 7 nitrogen and oxygen atoms in total. The number of aromatic nitrogens is 2. The molecule has 0 saturated carbocycles. The standard InChI is InChI=1S/C18H22F2N4O3/c1-5-27-18(26)22-15-8-6-7-14(10(15)2)21-16(25)9-13-11(3)23-24(12(13)4)17(19)20/h6-8,17H,5,9H2,1-4H3,(H,21,25)(H,22,26). The van der Waals surface area contributed by atoms with E-state index in [9.17, 15) is 18.4 Å². The summed E-state index contributed by atoms with van der Waals surface area (Å²) in [6, 6.07) is 5.05. The molecule has 1 aromatic heterocycles. The third kappa shape index (κ3) is 4.81. The molecule has 0 radical (unpaired) electrons. The van der Waals surface area contributed by atoms with Crippen molar-refractivity contribution in [2.75, 3.05) is 17.2 Å². The van der Waals surface area contributed by atoms with Crippen LogP contribution in [0.25, 0.3) is 0 Å². The molecule has 2 aromatic rings. The van der Waals surface area contributed by atoms with Gasteiger partial charge >= 0.3 is 12.6 Å². The molecule has 0 saturated heterocycles. The molecule has 0 aliphatic heterocycles. The molecular weight excluding hydrogens is 358 g/mol. The summed E-state index contributed by atoms with van der Waals surface area (Å²) < 4.78 is 31.3. The number of aryl methyl sites for hydroxylation is 1. The fourth-order valence-electron chi connectivity index (χ4n) is 2.68. The highest BCUT2D eigenvalue weighted by Crippen LogP contribution is 2.25. The summed E-state index contributed by atoms with van der Waals surface area (Å²) >= 11 is 0. The summed E-state index contributed by atoms with van der Waals surface area (Å²) in [7, 11) is 0. The predicted molar refractivity (Wildman–Crippen MR) is 97.1 cm³/mol. The largest absolute Gasteiger partial charge is 0.450 e. The second kappa shape index (κ2) is 8.61. The van der Waals surface area contributed by atoms with Crippen molar-refractivity contribution < 1.29 is 23.1 Å². The van der Waals surface area contributed by atoms with Gasteiger partial charge in [-0.05, 0) is 45.4 Å². The normalized spacial score (nSPS) is 10.8. The minimum Gasteiger partial charge on any atom is -0.450 e. The van der Waals surface area contributed by atoms with Gasteiger partial charge in [0.25, 0.3) is 0 Å². The lowest BCUT2D eigenvalue weighted by molar-refractivity contribution is -0.115. The van der Waals surface area contributed by atoms with E-state index in [-0.39, 0.29) is 24.6 Å². The number of carbonyl (C=O) groups excluding carboxylic acids is 2. The first-order valence-electron chi connectivity index (χ1n) is 8.40. The van der Waals surface area contributed by atoms with Crippen molar-refractivity contribution in [3.63, 3.8) is 0 Å². The Hall–Kier alpha value is -2.97. The van der Waals surface area contributed by atoms with Gasteiger partial charge in [0.05, 0.1) is 18.7 Å². The molecule has 2 rings (SSSR count). The van der Waals surface area contributed by atoms with Crippen LogP contribution < -0.4 is 10.6 Å². The number of nitrogens with zero attached hydrogens (tertiary/aromatic N) is 2. The number of carbonyl (C=O) groups is 2. The van der Waals surface area contributed by atoms with E-state index >= 15 is 0 Å². The average molecular weight is 380 g/mol. The van der Waals surface area contributed by atoms with E-state index < -0.39 is 12.6 Å². The summed E-state index contributed by atoms with van der Waals surface area (Å²) in [5.74, 6) is -0.369. The lowest BCUT2D eigenvalue weighted by Crippen LogP contribution is -2.18. The lowest BCUT2D eigenvalue weighted by atomic mass is 10.1. The van der Waals surface area contributed by atoms with Crippen molar-refractivity contribution in [2.24, 2.45) is 0 Å². The number of anilines is 2. The van der Waals surface area contributed by atoms with Crippen LogP contribution in [-0.4, -0.2) is 28.4 Å². The third-order valence-corrected chi connectivity index (χ3v) is 4.12. The van der Waals surface area contributed by atoms with E-state index in [1.54, 1.807) is 39.0 Å². The van der Waals surface area contributed by atoms with E-state index in [1.165, 1.54) is 6.92 Å². The Morgan fingerprint density at radius 3 is 2.37 bits per heavy atom. The molecule has 0 bridgehead atoms. The lowest BCUT2D eigenvalue weighted by Gasteiger charge is -2.13. The zero-order valence-corrected chi connectivity index (χ0v) is 15.6. The second-order valence-corrected chi connectivity index (χ2v) is 5.92. The summed E-state index contributed by atoms with van der Waals surface area (Å²) in [4.78, 5) is 24.0. The van der Waals surface area contributed by atoms with Crippen molar-refractivity contribution in [1.29, 1.82) is 0 Å². The zero-order chi connectivity index (χ0) is 20.1. The molecule has 2 amide bonds. The van der Waals surface area contributed by atoms with Gasteiger partial charge in [-0.25, -0.2) is 9.48 Å². The number of alkyl halides is 2. The highest BCUT2D eigenvalue weighted by atomic mass is 19.3. The van der Waals surface area contributed by atoms with E-state index in [0.29, 0.717) is 32.9 Å². The van der Waals surface area contributed by atoms with Gasteiger partial charge in [0, 0.05) is 22.6 Å². The summed E-state index contributed by atoms with van der Waals surface area (Å²) in [5, 5.41) is 9.12. The van der Waals surface area contributed by atoms with Crippen LogP contribution in [0, 0.1) is 20.8 Å². The van der Waals surface area contributed by atoms with Gasteiger partial charge in [-0.3, -0.25) is 10.1 Å². The van der Waals surface area contributed by atoms with Crippen LogP contribution in [0.3, 0.4) is 0 Å². The van der Waals surface area contributed by atoms with Gasteiger partial charge in [-0.15, -0.1) is 0 Å². The number of nitrogens with one attached hydrogen (secondary N) is 2. The first-order chi connectivity index (χ1) is 12.7. The van der Waals surface area contributed by atoms with Crippen molar-refractivity contribution >= 4 is 23.4 Å². The van der Waals surface area contributed by atoms with Gasteiger partial charge in [0.2, 0.25) is 5.91 Å². The molecule has 0 aliphatic carbocycles. The predicted octanol–water partition coefficient (Wildman–Crippen LogP) is 3.95. The van der Waals surface area contributed by atoms with Crippen molar-refractivity contribution in [2.45, 2.75) is 40.7 Å². The fraction of sp³-hybridized carbons (Fsp3) is 0.389. The minimum atomic E-state index is -2.76. The minimum absolute atomic E-state index is 0.0840. The highest BCUT2D eigenvalue weighted by Gasteiger charge is 2.19. The Balaban J connectivity index is 2.14. The number of amides is 2. The van der Waals surface area contributed by atoms with Crippen LogP contribution >= 0.6 is 0 Å². The van der Waals surface area contributed by atoms with Crippen LogP contribution in [0.4, 0.5) is 25.0 Å². The van der Waals surface area contributed by atoms with E-state index in [4.69, 9.17) is 4.74 Å². The smallest absolute Gasteiger partial charge is 0.411 e. The molecule has 1 aromatic carbocycles. The Morgan fingerprint density at radius 2 is 1.81 bits per heavy atom. The molecule has 146 valence electrons. The van der Waals surface area contributed by atoms with Gasteiger partial charge in [0.1, 0.15) is 0 Å². The first-order valence-corrected chi connectivity index (χ1v) is 8.40. The number of halogens is 2. The van der Waals surface area contributed by atoms with E-state index in [1.807, 2.05) is 0 Å². The van der Waals surface area contributed by atoms with Crippen molar-refractivity contribution in [1.82, 2.24) is 9.78 Å². The number of ether oxygens (including phenoxy) is 1. The van der Waals surface area contributed by atoms with E-state index in [0.717, 1.165) is 0 Å². The van der Waals surface area contributed by atoms with Crippen LogP contribution in [0.15, 0.2) is 18.2 Å². The second-order valence-electron chi connectivity index (χ2n) is 5.92. The van der Waals surface area contributed by atoms with Crippen molar-refractivity contribution in [3.8, 4) is 0 Å². The zero-order valence-electron chi connectivity index (χ0n) is 15.6. The third-order valence-electron chi connectivity index (χ3n) is 4.12. The van der Waals surface area contributed by atoms with E-state index in [2.05, 4.69) is 15.7 Å². The van der Waals surface area contributed by atoms with Crippen LogP contribution in [-0.2, 0) is 16.0 Å². The Labute approximate surface area is 155 Å². The Bertz CT molecular complexity index is 849. The Kier molecular flexibility index (Phi) is 6.49. The van der Waals surface area contributed by atoms with Crippen molar-refractivity contribution in [3.05, 3.63) is 40.7 Å². The molecule has 9 heteroatoms. The van der Waals surface area contributed by atoms with Crippen LogP contribution in [0.5, 0.6) is 0 Å². The number of hydrogen-bond donors (Lipinski definition) is 2. The van der Waals surface area contributed by atoms with Gasteiger partial charge in [-0.2, -0.15) is 13.9 Å². The fourth-order valence-corrected chi connectivity index (χ4v) is 2.68. The summed E-state index contributed by atoms with van der Waals surface area (Å²) in [6.45, 7) is 4.01. The molecule has 0 atom stereocenters. The maximum atomic E-state index is 12.9. The topological polar surface area (TPSA) is 85.2 Å². The first kappa shape index (κ1) is 20.3. The quantitative estimate of drug-likeness (QED) is 0.795. The monoisotopic (exact) mass is 380 g/mol. The molecule has 0 fully saturated rings. The molecule has 0 spiro atoms. The SMILES string of the molecule is CCOC(=O)Nc1cccc(NC(=O)Cc2c(C)nn(C(F)F)c2C)c1C. The van der Waals surface area contributed by atoms with Crippen LogP contribution in [0.1, 0.15) is 36.0 Å². The maximum absolute atomic E-state index is 12.9. The molecule has 1 heterocycles. The summed E-state index contributed by atoms with van der Waals surface area (Å²) in [5.41, 5.74) is 2.77. The van der Waals surface area contributed by atoms with Gasteiger partial charge in [-0.1, -0.05) is 6.07 Å². The van der Waals surface area contributed by atoms with Gasteiger partial charge in [0.15, 0.2) is 0 Å². The number of benzene rings is 1. The Morgan fingerprint density at radius 1 is 1.19 bits per heavy atom. The van der Waals surface area contributed by atoms with Crippen LogP contribution in [0.2, 0.25) is 0 Å². The molecule has 2 N–H and O–H groups in total. The van der Waals surface area contributed by atoms with Gasteiger partial charge < -0.3 is 10.1 Å². The molecular formula is C18H22F2N4O3. The molecule has 27 heavy (non-hydrogen) atoms. The molecule has 0 aliphatic rings.